The molecular weight excluding hydrogens is 206 g/mol. The number of hydrogen-bond donors (Lipinski definition) is 0. The van der Waals surface area contributed by atoms with Crippen molar-refractivity contribution in [2.75, 3.05) is 0 Å². The van der Waals surface area contributed by atoms with Crippen molar-refractivity contribution in [3.05, 3.63) is 41.7 Å². The van der Waals surface area contributed by atoms with Crippen molar-refractivity contribution >= 4 is 5.52 Å². The van der Waals surface area contributed by atoms with E-state index in [1.165, 1.54) is 16.6 Å². The van der Waals surface area contributed by atoms with Crippen molar-refractivity contribution < 1.29 is 0 Å². The quantitative estimate of drug-likeness (QED) is 0.625. The third kappa shape index (κ3) is 2.11. The Kier molecular flexibility index (Phi) is 2.61. The Hall–Kier alpha value is -1.24. The van der Waals surface area contributed by atoms with Gasteiger partial charge in [-0.3, -0.25) is 0 Å². The fourth-order valence-electron chi connectivity index (χ4n) is 2.48. The van der Waals surface area contributed by atoms with Gasteiger partial charge in [-0.05, 0) is 34.1 Å². The minimum absolute atomic E-state index is 0.179. The normalized spacial score (nSPS) is 13.3. The number of pyridine rings is 1. The molecular formula is C16H23N. The standard InChI is InChI=1S/C16H23N/c1-15(2,3)12-11-17-10-8-7-9-13(17)14(12)16(4,5)6/h7-11H,1-6H3. The molecule has 2 heterocycles. The summed E-state index contributed by atoms with van der Waals surface area (Å²) in [5, 5.41) is 0. The number of fused-ring (bicyclic) bond motifs is 1. The van der Waals surface area contributed by atoms with E-state index in [-0.39, 0.29) is 10.8 Å². The van der Waals surface area contributed by atoms with Gasteiger partial charge >= 0.3 is 0 Å². The van der Waals surface area contributed by atoms with E-state index in [2.05, 4.69) is 76.5 Å². The van der Waals surface area contributed by atoms with Crippen LogP contribution in [0.5, 0.6) is 0 Å². The van der Waals surface area contributed by atoms with Crippen LogP contribution in [0.15, 0.2) is 30.6 Å². The zero-order valence-electron chi connectivity index (χ0n) is 11.8. The summed E-state index contributed by atoms with van der Waals surface area (Å²) < 4.78 is 2.25. The molecule has 0 bridgehead atoms. The van der Waals surface area contributed by atoms with Crippen LogP contribution in [0.3, 0.4) is 0 Å². The maximum Gasteiger partial charge on any atom is 0.0490 e. The molecule has 0 saturated carbocycles. The van der Waals surface area contributed by atoms with E-state index in [4.69, 9.17) is 0 Å². The van der Waals surface area contributed by atoms with Crippen LogP contribution in [-0.4, -0.2) is 4.40 Å². The van der Waals surface area contributed by atoms with Crippen LogP contribution in [-0.2, 0) is 10.8 Å². The minimum Gasteiger partial charge on any atom is -0.323 e. The Labute approximate surface area is 104 Å². The molecule has 17 heavy (non-hydrogen) atoms. The molecule has 2 aromatic heterocycles. The highest BCUT2D eigenvalue weighted by Crippen LogP contribution is 2.37. The van der Waals surface area contributed by atoms with Crippen LogP contribution in [0.25, 0.3) is 5.52 Å². The first kappa shape index (κ1) is 12.2. The third-order valence-corrected chi connectivity index (χ3v) is 3.24. The van der Waals surface area contributed by atoms with Gasteiger partial charge in [0.25, 0.3) is 0 Å². The van der Waals surface area contributed by atoms with Crippen molar-refractivity contribution in [1.29, 1.82) is 0 Å². The number of rotatable bonds is 0. The molecule has 0 spiro atoms. The Morgan fingerprint density at radius 2 is 1.53 bits per heavy atom. The lowest BCUT2D eigenvalue weighted by molar-refractivity contribution is 0.537. The molecule has 0 unspecified atom stereocenters. The maximum atomic E-state index is 2.30. The summed E-state index contributed by atoms with van der Waals surface area (Å²) in [6.07, 6.45) is 4.43. The molecule has 0 amide bonds. The average Bonchev–Trinajstić information content (AvgIpc) is 2.54. The highest BCUT2D eigenvalue weighted by molar-refractivity contribution is 5.63. The van der Waals surface area contributed by atoms with E-state index in [1.807, 2.05) is 0 Å². The SMILES string of the molecule is CC(C)(C)c1cn2ccccc2c1C(C)(C)C. The predicted octanol–water partition coefficient (Wildman–Crippen LogP) is 4.53. The van der Waals surface area contributed by atoms with Crippen molar-refractivity contribution in [2.24, 2.45) is 0 Å². The van der Waals surface area contributed by atoms with E-state index < -0.39 is 0 Å². The van der Waals surface area contributed by atoms with Gasteiger partial charge in [0, 0.05) is 17.9 Å². The fourth-order valence-corrected chi connectivity index (χ4v) is 2.48. The zero-order valence-corrected chi connectivity index (χ0v) is 11.8. The van der Waals surface area contributed by atoms with Gasteiger partial charge in [-0.15, -0.1) is 0 Å². The number of hydrogen-bond acceptors (Lipinski definition) is 0. The van der Waals surface area contributed by atoms with Gasteiger partial charge in [0.2, 0.25) is 0 Å². The molecule has 0 N–H and O–H groups in total. The zero-order chi connectivity index (χ0) is 12.8. The van der Waals surface area contributed by atoms with Crippen LogP contribution < -0.4 is 0 Å². The molecule has 2 rings (SSSR count). The lowest BCUT2D eigenvalue weighted by Crippen LogP contribution is -2.20. The highest BCUT2D eigenvalue weighted by Gasteiger charge is 2.28. The first-order valence-corrected chi connectivity index (χ1v) is 6.32. The smallest absolute Gasteiger partial charge is 0.0490 e. The van der Waals surface area contributed by atoms with Crippen LogP contribution in [0, 0.1) is 0 Å². The van der Waals surface area contributed by atoms with Gasteiger partial charge in [0.05, 0.1) is 0 Å². The Morgan fingerprint density at radius 1 is 0.882 bits per heavy atom. The fraction of sp³-hybridized carbons (Fsp3) is 0.500. The molecule has 0 aliphatic heterocycles. The van der Waals surface area contributed by atoms with Crippen LogP contribution in [0.1, 0.15) is 52.7 Å². The lowest BCUT2D eigenvalue weighted by atomic mass is 9.77. The van der Waals surface area contributed by atoms with Gasteiger partial charge in [0.15, 0.2) is 0 Å². The minimum atomic E-state index is 0.179. The monoisotopic (exact) mass is 229 g/mol. The van der Waals surface area contributed by atoms with E-state index in [1.54, 1.807) is 0 Å². The molecule has 0 atom stereocenters. The maximum absolute atomic E-state index is 2.30. The summed E-state index contributed by atoms with van der Waals surface area (Å²) in [5.41, 5.74) is 4.64. The summed E-state index contributed by atoms with van der Waals surface area (Å²) in [5.74, 6) is 0. The van der Waals surface area contributed by atoms with Crippen LogP contribution in [0.2, 0.25) is 0 Å². The average molecular weight is 229 g/mol. The molecule has 0 aliphatic carbocycles. The third-order valence-electron chi connectivity index (χ3n) is 3.24. The van der Waals surface area contributed by atoms with Crippen molar-refractivity contribution in [3.8, 4) is 0 Å². The molecule has 1 heteroatoms. The summed E-state index contributed by atoms with van der Waals surface area (Å²) in [6, 6.07) is 6.43. The molecule has 2 aromatic rings. The van der Waals surface area contributed by atoms with E-state index in [0.717, 1.165) is 0 Å². The summed E-state index contributed by atoms with van der Waals surface area (Å²) in [4.78, 5) is 0. The predicted molar refractivity (Wildman–Crippen MR) is 74.8 cm³/mol. The lowest BCUT2D eigenvalue weighted by Gasteiger charge is -2.26. The first-order valence-electron chi connectivity index (χ1n) is 6.32. The Bertz CT molecular complexity index is 533. The second-order valence-electron chi connectivity index (χ2n) is 6.91. The van der Waals surface area contributed by atoms with E-state index in [9.17, 15) is 0 Å². The van der Waals surface area contributed by atoms with Gasteiger partial charge in [-0.2, -0.15) is 0 Å². The largest absolute Gasteiger partial charge is 0.323 e. The Balaban J connectivity index is 2.84. The molecule has 1 nitrogen and oxygen atoms in total. The molecule has 0 radical (unpaired) electrons. The second-order valence-corrected chi connectivity index (χ2v) is 6.91. The number of aromatic nitrogens is 1. The van der Waals surface area contributed by atoms with Crippen molar-refractivity contribution in [1.82, 2.24) is 4.40 Å². The Morgan fingerprint density at radius 3 is 2.06 bits per heavy atom. The van der Waals surface area contributed by atoms with Gasteiger partial charge in [-0.25, -0.2) is 0 Å². The molecule has 0 aliphatic rings. The van der Waals surface area contributed by atoms with Gasteiger partial charge in [-0.1, -0.05) is 47.6 Å². The van der Waals surface area contributed by atoms with Crippen molar-refractivity contribution in [3.63, 3.8) is 0 Å². The second kappa shape index (κ2) is 3.63. The molecule has 0 aromatic carbocycles. The topological polar surface area (TPSA) is 4.41 Å². The van der Waals surface area contributed by atoms with Crippen LogP contribution >= 0.6 is 0 Å². The first-order chi connectivity index (χ1) is 7.71. The van der Waals surface area contributed by atoms with Gasteiger partial charge in [0.1, 0.15) is 0 Å². The summed E-state index contributed by atoms with van der Waals surface area (Å²) >= 11 is 0. The van der Waals surface area contributed by atoms with Crippen molar-refractivity contribution in [2.45, 2.75) is 52.4 Å². The number of nitrogens with zero attached hydrogens (tertiary/aromatic N) is 1. The molecule has 0 fully saturated rings. The van der Waals surface area contributed by atoms with E-state index >= 15 is 0 Å². The summed E-state index contributed by atoms with van der Waals surface area (Å²) in [7, 11) is 0. The van der Waals surface area contributed by atoms with Gasteiger partial charge < -0.3 is 4.40 Å². The molecule has 92 valence electrons. The van der Waals surface area contributed by atoms with Crippen LogP contribution in [0.4, 0.5) is 0 Å². The highest BCUT2D eigenvalue weighted by atomic mass is 14.9. The summed E-state index contributed by atoms with van der Waals surface area (Å²) in [6.45, 7) is 13.8. The molecule has 0 saturated heterocycles. The van der Waals surface area contributed by atoms with E-state index in [0.29, 0.717) is 0 Å².